The van der Waals surface area contributed by atoms with Crippen LogP contribution in [0.25, 0.3) is 10.8 Å². The molecule has 1 saturated heterocycles. The van der Waals surface area contributed by atoms with Crippen LogP contribution in [0.2, 0.25) is 0 Å². The Hall–Kier alpha value is -3.80. The highest BCUT2D eigenvalue weighted by atomic mass is 16.2. The number of nitrogens with one attached hydrogen (secondary N) is 1. The van der Waals surface area contributed by atoms with Crippen molar-refractivity contribution >= 4 is 28.4 Å². The fourth-order valence-corrected chi connectivity index (χ4v) is 4.71. The Morgan fingerprint density at radius 1 is 1.09 bits per heavy atom. The molecule has 2 aliphatic rings. The number of piperidine rings is 1. The number of aromatic nitrogens is 1. The molecular weight excluding hydrogens is 414 g/mol. The lowest BCUT2D eigenvalue weighted by atomic mass is 9.99. The first-order valence-electron chi connectivity index (χ1n) is 11.2. The van der Waals surface area contributed by atoms with E-state index in [1.165, 1.54) is 0 Å². The first-order valence-corrected chi connectivity index (χ1v) is 11.2. The third kappa shape index (κ3) is 4.29. The van der Waals surface area contributed by atoms with Crippen molar-refractivity contribution < 1.29 is 14.4 Å². The van der Waals surface area contributed by atoms with Gasteiger partial charge < -0.3 is 10.2 Å². The second-order valence-electron chi connectivity index (χ2n) is 8.84. The first kappa shape index (κ1) is 21.1. The van der Waals surface area contributed by atoms with Gasteiger partial charge in [-0.05, 0) is 53.5 Å². The molecule has 0 aliphatic carbocycles. The van der Waals surface area contributed by atoms with Crippen molar-refractivity contribution in [3.63, 3.8) is 0 Å². The number of pyridine rings is 1. The maximum absolute atomic E-state index is 12.9. The molecule has 1 fully saturated rings. The number of hydrogen-bond donors (Lipinski definition) is 1. The summed E-state index contributed by atoms with van der Waals surface area (Å²) < 4.78 is 0. The van der Waals surface area contributed by atoms with Gasteiger partial charge in [-0.15, -0.1) is 0 Å². The maximum Gasteiger partial charge on any atom is 0.255 e. The molecule has 1 atom stereocenters. The third-order valence-electron chi connectivity index (χ3n) is 6.50. The summed E-state index contributed by atoms with van der Waals surface area (Å²) in [5.74, 6) is -0.0873. The molecule has 5 rings (SSSR count). The van der Waals surface area contributed by atoms with Gasteiger partial charge in [0.05, 0.1) is 0 Å². The van der Waals surface area contributed by atoms with Crippen LogP contribution in [0.4, 0.5) is 0 Å². The molecule has 2 aliphatic heterocycles. The lowest BCUT2D eigenvalue weighted by Crippen LogP contribution is -2.49. The molecule has 6 heteroatoms. The Morgan fingerprint density at radius 3 is 2.79 bits per heavy atom. The van der Waals surface area contributed by atoms with Crippen LogP contribution in [0.5, 0.6) is 0 Å². The zero-order valence-electron chi connectivity index (χ0n) is 18.3. The quantitative estimate of drug-likeness (QED) is 0.635. The number of rotatable bonds is 6. The predicted octanol–water partition coefficient (Wildman–Crippen LogP) is 3.73. The first-order chi connectivity index (χ1) is 16.0. The molecule has 2 amide bonds. The van der Waals surface area contributed by atoms with Gasteiger partial charge in [-0.2, -0.15) is 0 Å². The van der Waals surface area contributed by atoms with E-state index in [4.69, 9.17) is 0 Å². The summed E-state index contributed by atoms with van der Waals surface area (Å²) >= 11 is 0. The SMILES string of the molecule is C=C1CCC(N2Cc3cc(CCC(=O)Cc4ccc5cnccc5c4)ccc3C2=O)C(=O)N1. The molecule has 2 aromatic carbocycles. The molecule has 0 spiro atoms. The van der Waals surface area contributed by atoms with Crippen molar-refractivity contribution in [2.45, 2.75) is 44.7 Å². The summed E-state index contributed by atoms with van der Waals surface area (Å²) in [6, 6.07) is 13.3. The highest BCUT2D eigenvalue weighted by Gasteiger charge is 2.38. The van der Waals surface area contributed by atoms with Gasteiger partial charge in [0.25, 0.3) is 5.91 Å². The second kappa shape index (κ2) is 8.62. The number of benzene rings is 2. The molecule has 0 bridgehead atoms. The average molecular weight is 440 g/mol. The monoisotopic (exact) mass is 439 g/mol. The van der Waals surface area contributed by atoms with Gasteiger partial charge in [-0.25, -0.2) is 0 Å². The lowest BCUT2D eigenvalue weighted by Gasteiger charge is -2.30. The number of aryl methyl sites for hydroxylation is 1. The van der Waals surface area contributed by atoms with Gasteiger partial charge in [0, 0.05) is 48.4 Å². The second-order valence-corrected chi connectivity index (χ2v) is 8.84. The standard InChI is InChI=1S/C27H25N3O3/c1-17-2-9-25(26(32)29-17)30-16-22-12-18(5-8-24(22)27(30)33)4-7-23(31)14-19-3-6-21-15-28-11-10-20(21)13-19/h3,5-6,8,10-13,15,25H,1-2,4,7,9,14,16H2,(H,29,32). The van der Waals surface area contributed by atoms with Gasteiger partial charge in [-0.1, -0.05) is 36.9 Å². The number of nitrogens with zero attached hydrogens (tertiary/aromatic N) is 2. The fraction of sp³-hybridized carbons (Fsp3) is 0.259. The molecule has 166 valence electrons. The smallest absolute Gasteiger partial charge is 0.255 e. The molecule has 3 heterocycles. The summed E-state index contributed by atoms with van der Waals surface area (Å²) in [5, 5.41) is 4.90. The van der Waals surface area contributed by atoms with Crippen LogP contribution < -0.4 is 5.32 Å². The summed E-state index contributed by atoms with van der Waals surface area (Å²) in [5.41, 5.74) is 4.30. The zero-order valence-corrected chi connectivity index (χ0v) is 18.3. The van der Waals surface area contributed by atoms with E-state index in [0.29, 0.717) is 49.9 Å². The van der Waals surface area contributed by atoms with Crippen molar-refractivity contribution in [2.24, 2.45) is 0 Å². The van der Waals surface area contributed by atoms with E-state index in [2.05, 4.69) is 16.9 Å². The Bertz CT molecular complexity index is 1300. The molecule has 1 aromatic heterocycles. The maximum atomic E-state index is 12.9. The molecule has 1 N–H and O–H groups in total. The summed E-state index contributed by atoms with van der Waals surface area (Å²) in [6.07, 6.45) is 6.31. The van der Waals surface area contributed by atoms with Gasteiger partial charge >= 0.3 is 0 Å². The highest BCUT2D eigenvalue weighted by Crippen LogP contribution is 2.29. The molecule has 1 unspecified atom stereocenters. The number of fused-ring (bicyclic) bond motifs is 2. The van der Waals surface area contributed by atoms with Crippen molar-refractivity contribution in [1.29, 1.82) is 0 Å². The van der Waals surface area contributed by atoms with E-state index in [-0.39, 0.29) is 17.6 Å². The van der Waals surface area contributed by atoms with E-state index >= 15 is 0 Å². The van der Waals surface area contributed by atoms with Crippen LogP contribution in [-0.4, -0.2) is 33.5 Å². The predicted molar refractivity (Wildman–Crippen MR) is 125 cm³/mol. The Kier molecular flexibility index (Phi) is 5.50. The van der Waals surface area contributed by atoms with Gasteiger partial charge in [0.15, 0.2) is 0 Å². The minimum absolute atomic E-state index is 0.105. The van der Waals surface area contributed by atoms with Gasteiger partial charge in [0.2, 0.25) is 5.91 Å². The summed E-state index contributed by atoms with van der Waals surface area (Å²) in [7, 11) is 0. The van der Waals surface area contributed by atoms with Crippen molar-refractivity contribution in [3.8, 4) is 0 Å². The van der Waals surface area contributed by atoms with Crippen LogP contribution in [0.3, 0.4) is 0 Å². The van der Waals surface area contributed by atoms with Crippen LogP contribution in [0, 0.1) is 0 Å². The van der Waals surface area contributed by atoms with E-state index in [1.807, 2.05) is 48.7 Å². The third-order valence-corrected chi connectivity index (χ3v) is 6.50. The van der Waals surface area contributed by atoms with Crippen LogP contribution >= 0.6 is 0 Å². The van der Waals surface area contributed by atoms with Crippen LogP contribution in [0.15, 0.2) is 67.1 Å². The van der Waals surface area contributed by atoms with Crippen LogP contribution in [-0.2, 0) is 29.0 Å². The van der Waals surface area contributed by atoms with E-state index < -0.39 is 6.04 Å². The topological polar surface area (TPSA) is 79.4 Å². The number of allylic oxidation sites excluding steroid dienone is 1. The molecular formula is C27H25N3O3. The van der Waals surface area contributed by atoms with E-state index in [1.54, 1.807) is 11.1 Å². The number of Topliss-reactive ketones (excluding diaryl/α,β-unsaturated/α-hetero) is 1. The highest BCUT2D eigenvalue weighted by molar-refractivity contribution is 6.01. The van der Waals surface area contributed by atoms with Gasteiger partial charge in [-0.3, -0.25) is 19.4 Å². The largest absolute Gasteiger partial charge is 0.329 e. The Morgan fingerprint density at radius 2 is 1.94 bits per heavy atom. The Labute approximate surface area is 192 Å². The summed E-state index contributed by atoms with van der Waals surface area (Å²) in [6.45, 7) is 4.23. The molecule has 3 aromatic rings. The lowest BCUT2D eigenvalue weighted by molar-refractivity contribution is -0.126. The number of ketones is 1. The summed E-state index contributed by atoms with van der Waals surface area (Å²) in [4.78, 5) is 43.6. The van der Waals surface area contributed by atoms with Crippen LogP contribution in [0.1, 0.15) is 46.3 Å². The number of carbonyl (C=O) groups is 3. The molecule has 0 radical (unpaired) electrons. The number of carbonyl (C=O) groups excluding carboxylic acids is 3. The Balaban J connectivity index is 1.21. The minimum atomic E-state index is -0.460. The van der Waals surface area contributed by atoms with Gasteiger partial charge in [0.1, 0.15) is 11.8 Å². The average Bonchev–Trinajstić information content (AvgIpc) is 3.13. The molecule has 33 heavy (non-hydrogen) atoms. The molecule has 6 nitrogen and oxygen atoms in total. The number of hydrogen-bond acceptors (Lipinski definition) is 4. The van der Waals surface area contributed by atoms with E-state index in [0.717, 1.165) is 27.5 Å². The van der Waals surface area contributed by atoms with Crippen molar-refractivity contribution in [2.75, 3.05) is 0 Å². The normalized spacial score (nSPS) is 17.9. The van der Waals surface area contributed by atoms with Crippen molar-refractivity contribution in [3.05, 3.63) is 89.4 Å². The minimum Gasteiger partial charge on any atom is -0.329 e. The fourth-order valence-electron chi connectivity index (χ4n) is 4.71. The van der Waals surface area contributed by atoms with Crippen molar-refractivity contribution in [1.82, 2.24) is 15.2 Å². The van der Waals surface area contributed by atoms with E-state index in [9.17, 15) is 14.4 Å². The molecule has 0 saturated carbocycles. The number of amides is 2. The zero-order chi connectivity index (χ0) is 22.9.